The van der Waals surface area contributed by atoms with Crippen molar-refractivity contribution in [3.63, 3.8) is 0 Å². The highest BCUT2D eigenvalue weighted by molar-refractivity contribution is 9.10. The van der Waals surface area contributed by atoms with E-state index in [4.69, 9.17) is 0 Å². The topological polar surface area (TPSA) is 38.1 Å². The number of rotatable bonds is 6. The number of hydrogen-bond donors (Lipinski definition) is 0. The lowest BCUT2D eigenvalue weighted by molar-refractivity contribution is -0.118. The summed E-state index contributed by atoms with van der Waals surface area (Å²) in [7, 11) is 1.84. The fourth-order valence-electron chi connectivity index (χ4n) is 3.00. The molecule has 1 amide bonds. The number of amides is 1. The summed E-state index contributed by atoms with van der Waals surface area (Å²) in [6.45, 7) is 11.5. The Morgan fingerprint density at radius 3 is 2.56 bits per heavy atom. The molecular formula is C20H28BrN3O. The molecule has 0 spiro atoms. The first-order valence-corrected chi connectivity index (χ1v) is 9.55. The SMILES string of the molecule is Cc1cc(N(C)C(=O)CCc2c(C)nn(CC(C)C)c2C)ccc1Br. The molecular weight excluding hydrogens is 378 g/mol. The number of aryl methyl sites for hydroxylation is 2. The lowest BCUT2D eigenvalue weighted by Crippen LogP contribution is -2.26. The van der Waals surface area contributed by atoms with Gasteiger partial charge in [0.05, 0.1) is 5.69 Å². The minimum absolute atomic E-state index is 0.122. The zero-order chi connectivity index (χ0) is 18.7. The Labute approximate surface area is 159 Å². The van der Waals surface area contributed by atoms with Gasteiger partial charge in [-0.05, 0) is 62.4 Å². The summed E-state index contributed by atoms with van der Waals surface area (Å²) in [5.41, 5.74) is 5.47. The van der Waals surface area contributed by atoms with Crippen molar-refractivity contribution >= 4 is 27.5 Å². The molecule has 5 heteroatoms. The number of anilines is 1. The van der Waals surface area contributed by atoms with Gasteiger partial charge in [0.2, 0.25) is 5.91 Å². The molecule has 0 atom stereocenters. The van der Waals surface area contributed by atoms with Crippen molar-refractivity contribution in [1.29, 1.82) is 0 Å². The first kappa shape index (κ1) is 19.7. The monoisotopic (exact) mass is 405 g/mol. The van der Waals surface area contributed by atoms with Gasteiger partial charge in [-0.3, -0.25) is 9.48 Å². The molecule has 0 saturated heterocycles. The maximum absolute atomic E-state index is 12.6. The zero-order valence-corrected chi connectivity index (χ0v) is 17.6. The van der Waals surface area contributed by atoms with E-state index in [0.717, 1.165) is 34.4 Å². The molecule has 1 aromatic heterocycles. The Kier molecular flexibility index (Phi) is 6.44. The molecule has 2 rings (SSSR count). The van der Waals surface area contributed by atoms with Crippen molar-refractivity contribution in [2.75, 3.05) is 11.9 Å². The van der Waals surface area contributed by atoms with Gasteiger partial charge in [0, 0.05) is 35.9 Å². The van der Waals surface area contributed by atoms with Gasteiger partial charge in [-0.2, -0.15) is 5.10 Å². The van der Waals surface area contributed by atoms with Gasteiger partial charge in [-0.25, -0.2) is 0 Å². The van der Waals surface area contributed by atoms with Crippen LogP contribution in [0.15, 0.2) is 22.7 Å². The van der Waals surface area contributed by atoms with Crippen LogP contribution in [0.25, 0.3) is 0 Å². The molecule has 0 saturated carbocycles. The number of nitrogens with zero attached hydrogens (tertiary/aromatic N) is 3. The molecule has 0 unspecified atom stereocenters. The summed E-state index contributed by atoms with van der Waals surface area (Å²) < 4.78 is 3.13. The van der Waals surface area contributed by atoms with Gasteiger partial charge in [-0.15, -0.1) is 0 Å². The highest BCUT2D eigenvalue weighted by Crippen LogP contribution is 2.23. The van der Waals surface area contributed by atoms with Gasteiger partial charge in [0.1, 0.15) is 0 Å². The Morgan fingerprint density at radius 1 is 1.28 bits per heavy atom. The lowest BCUT2D eigenvalue weighted by Gasteiger charge is -2.18. The molecule has 0 fully saturated rings. The van der Waals surface area contributed by atoms with Crippen molar-refractivity contribution in [2.24, 2.45) is 5.92 Å². The maximum atomic E-state index is 12.6. The number of carbonyl (C=O) groups is 1. The van der Waals surface area contributed by atoms with Crippen LogP contribution in [-0.4, -0.2) is 22.7 Å². The molecule has 136 valence electrons. The number of aromatic nitrogens is 2. The second-order valence-electron chi connectivity index (χ2n) is 7.11. The van der Waals surface area contributed by atoms with Gasteiger partial charge in [0.15, 0.2) is 0 Å². The second-order valence-corrected chi connectivity index (χ2v) is 7.97. The van der Waals surface area contributed by atoms with E-state index in [2.05, 4.69) is 46.5 Å². The quantitative estimate of drug-likeness (QED) is 0.690. The molecule has 0 radical (unpaired) electrons. The number of benzene rings is 1. The number of carbonyl (C=O) groups excluding carboxylic acids is 1. The van der Waals surface area contributed by atoms with Crippen LogP contribution in [-0.2, 0) is 17.8 Å². The molecule has 0 aliphatic heterocycles. The number of hydrogen-bond acceptors (Lipinski definition) is 2. The van der Waals surface area contributed by atoms with Crippen molar-refractivity contribution in [3.8, 4) is 0 Å². The molecule has 25 heavy (non-hydrogen) atoms. The van der Waals surface area contributed by atoms with E-state index in [9.17, 15) is 4.79 Å². The normalized spacial score (nSPS) is 11.2. The van der Waals surface area contributed by atoms with Crippen LogP contribution in [0.1, 0.15) is 42.8 Å². The van der Waals surface area contributed by atoms with Gasteiger partial charge in [0.25, 0.3) is 0 Å². The fraction of sp³-hybridized carbons (Fsp3) is 0.500. The Morgan fingerprint density at radius 2 is 1.96 bits per heavy atom. The first-order valence-electron chi connectivity index (χ1n) is 8.76. The van der Waals surface area contributed by atoms with E-state index in [1.54, 1.807) is 4.90 Å². The molecule has 0 aliphatic carbocycles. The van der Waals surface area contributed by atoms with Crippen LogP contribution >= 0.6 is 15.9 Å². The van der Waals surface area contributed by atoms with Crippen LogP contribution in [0, 0.1) is 26.7 Å². The minimum Gasteiger partial charge on any atom is -0.315 e. The Hall–Kier alpha value is -1.62. The predicted octanol–water partition coefficient (Wildman–Crippen LogP) is 4.82. The molecule has 0 bridgehead atoms. The van der Waals surface area contributed by atoms with E-state index in [1.165, 1.54) is 11.3 Å². The van der Waals surface area contributed by atoms with Crippen molar-refractivity contribution in [2.45, 2.75) is 54.0 Å². The van der Waals surface area contributed by atoms with Crippen LogP contribution in [0.5, 0.6) is 0 Å². The third-order valence-electron chi connectivity index (χ3n) is 4.56. The number of halogens is 1. The Balaban J connectivity index is 2.06. The molecule has 0 N–H and O–H groups in total. The Bertz CT molecular complexity index is 765. The van der Waals surface area contributed by atoms with E-state index < -0.39 is 0 Å². The van der Waals surface area contributed by atoms with Crippen LogP contribution in [0.4, 0.5) is 5.69 Å². The predicted molar refractivity (Wildman–Crippen MR) is 107 cm³/mol. The largest absolute Gasteiger partial charge is 0.315 e. The van der Waals surface area contributed by atoms with E-state index >= 15 is 0 Å². The van der Waals surface area contributed by atoms with Crippen LogP contribution in [0.2, 0.25) is 0 Å². The van der Waals surface area contributed by atoms with E-state index in [1.807, 2.05) is 39.1 Å². The summed E-state index contributed by atoms with van der Waals surface area (Å²) in [6.07, 6.45) is 1.22. The average molecular weight is 406 g/mol. The van der Waals surface area contributed by atoms with Crippen LogP contribution in [0.3, 0.4) is 0 Å². The molecule has 0 aliphatic rings. The summed E-state index contributed by atoms with van der Waals surface area (Å²) in [6, 6.07) is 5.98. The summed E-state index contributed by atoms with van der Waals surface area (Å²) in [5.74, 6) is 0.677. The van der Waals surface area contributed by atoms with Crippen molar-refractivity contribution < 1.29 is 4.79 Å². The van der Waals surface area contributed by atoms with Gasteiger partial charge >= 0.3 is 0 Å². The zero-order valence-electron chi connectivity index (χ0n) is 16.1. The molecule has 1 aromatic carbocycles. The van der Waals surface area contributed by atoms with Gasteiger partial charge in [-0.1, -0.05) is 29.8 Å². The summed E-state index contributed by atoms with van der Waals surface area (Å²) >= 11 is 3.50. The van der Waals surface area contributed by atoms with Crippen molar-refractivity contribution in [1.82, 2.24) is 9.78 Å². The van der Waals surface area contributed by atoms with E-state index in [-0.39, 0.29) is 5.91 Å². The average Bonchev–Trinajstić information content (AvgIpc) is 2.80. The van der Waals surface area contributed by atoms with Crippen LogP contribution < -0.4 is 4.90 Å². The third-order valence-corrected chi connectivity index (χ3v) is 5.45. The highest BCUT2D eigenvalue weighted by atomic mass is 79.9. The summed E-state index contributed by atoms with van der Waals surface area (Å²) in [4.78, 5) is 14.3. The van der Waals surface area contributed by atoms with Crippen molar-refractivity contribution in [3.05, 3.63) is 45.2 Å². The highest BCUT2D eigenvalue weighted by Gasteiger charge is 2.16. The molecule has 1 heterocycles. The van der Waals surface area contributed by atoms with E-state index in [0.29, 0.717) is 12.3 Å². The molecule has 2 aromatic rings. The summed E-state index contributed by atoms with van der Waals surface area (Å²) in [5, 5.41) is 4.64. The smallest absolute Gasteiger partial charge is 0.227 e. The molecule has 4 nitrogen and oxygen atoms in total. The standard InChI is InChI=1S/C20H28BrN3O/c1-13(2)12-24-16(5)18(15(4)22-24)8-10-20(25)23(6)17-7-9-19(21)14(3)11-17/h7,9,11,13H,8,10,12H2,1-6H3. The van der Waals surface area contributed by atoms with Gasteiger partial charge < -0.3 is 4.90 Å². The second kappa shape index (κ2) is 8.17. The lowest BCUT2D eigenvalue weighted by atomic mass is 10.1. The minimum atomic E-state index is 0.122. The maximum Gasteiger partial charge on any atom is 0.227 e. The first-order chi connectivity index (χ1) is 11.7. The third kappa shape index (κ3) is 4.72. The fourth-order valence-corrected chi connectivity index (χ4v) is 3.25.